The number of aliphatic hydroxyl groups excluding tert-OH is 1. The zero-order valence-corrected chi connectivity index (χ0v) is 24.6. The maximum absolute atomic E-state index is 9.51. The first-order valence-electron chi connectivity index (χ1n) is 13.0. The summed E-state index contributed by atoms with van der Waals surface area (Å²) in [6.45, 7) is 18.6. The largest absolute Gasteiger partial charge is 0.478 e. The standard InChI is InChI=1S/C28H45N5O3.ClH/c1-9-21(17-34)13-12-14-30-26-25(19(4)32-27(33-26)31-18-28(6,7)8)23-15-22(20(5)36-23)16-24(29-10-2)35-11-3;/h10,15-16,21,34H,9,11-14,17-18H2,1-8H3,(H2,30,31,32,33);1H/b24-16+,29-10+;. The molecule has 0 saturated heterocycles. The third kappa shape index (κ3) is 10.4. The van der Waals surface area contributed by atoms with Crippen molar-refractivity contribution < 1.29 is 14.3 Å². The van der Waals surface area contributed by atoms with Gasteiger partial charge in [-0.3, -0.25) is 0 Å². The summed E-state index contributed by atoms with van der Waals surface area (Å²) in [6, 6.07) is 1.98. The second kappa shape index (κ2) is 15.6. The molecular formula is C28H46ClN5O3. The molecule has 0 fully saturated rings. The van der Waals surface area contributed by atoms with E-state index in [0.29, 0.717) is 30.1 Å². The summed E-state index contributed by atoms with van der Waals surface area (Å²) in [6.07, 6.45) is 6.46. The number of aryl methyl sites for hydroxylation is 2. The number of aromatic nitrogens is 2. The van der Waals surface area contributed by atoms with E-state index in [1.165, 1.54) is 0 Å². The number of rotatable bonds is 14. The Morgan fingerprint density at radius 2 is 1.95 bits per heavy atom. The Morgan fingerprint density at radius 3 is 2.54 bits per heavy atom. The fourth-order valence-electron chi connectivity index (χ4n) is 3.73. The summed E-state index contributed by atoms with van der Waals surface area (Å²) in [5.74, 6) is 3.65. The molecule has 1 atom stereocenters. The summed E-state index contributed by atoms with van der Waals surface area (Å²) in [5, 5.41) is 16.4. The highest BCUT2D eigenvalue weighted by molar-refractivity contribution is 5.85. The molecule has 0 aromatic carbocycles. The Balaban J connectivity index is 0.00000684. The summed E-state index contributed by atoms with van der Waals surface area (Å²) in [4.78, 5) is 13.9. The fourth-order valence-corrected chi connectivity index (χ4v) is 3.73. The Labute approximate surface area is 228 Å². The van der Waals surface area contributed by atoms with Crippen LogP contribution in [-0.4, -0.2) is 47.6 Å². The van der Waals surface area contributed by atoms with Gasteiger partial charge < -0.3 is 24.9 Å². The Morgan fingerprint density at radius 1 is 1.22 bits per heavy atom. The quantitative estimate of drug-likeness (QED) is 0.138. The minimum atomic E-state index is 0. The molecule has 2 aromatic rings. The van der Waals surface area contributed by atoms with E-state index in [2.05, 4.69) is 43.3 Å². The smallest absolute Gasteiger partial charge is 0.224 e. The first kappa shape index (κ1) is 32.4. The third-order valence-corrected chi connectivity index (χ3v) is 5.81. The highest BCUT2D eigenvalue weighted by Gasteiger charge is 2.20. The van der Waals surface area contributed by atoms with Gasteiger partial charge in [0.05, 0.1) is 17.9 Å². The average Bonchev–Trinajstić information content (AvgIpc) is 3.17. The molecule has 37 heavy (non-hydrogen) atoms. The summed E-state index contributed by atoms with van der Waals surface area (Å²) >= 11 is 0. The lowest BCUT2D eigenvalue weighted by Crippen LogP contribution is -2.21. The molecule has 0 bridgehead atoms. The molecule has 0 spiro atoms. The number of aliphatic hydroxyl groups is 1. The van der Waals surface area contributed by atoms with Gasteiger partial charge in [0.2, 0.25) is 11.8 Å². The molecule has 2 aromatic heterocycles. The topological polar surface area (TPSA) is 105 Å². The Bertz CT molecular complexity index is 1020. The second-order valence-corrected chi connectivity index (χ2v) is 10.2. The Kier molecular flexibility index (Phi) is 13.7. The van der Waals surface area contributed by atoms with E-state index in [-0.39, 0.29) is 24.4 Å². The zero-order valence-electron chi connectivity index (χ0n) is 23.8. The van der Waals surface area contributed by atoms with Crippen LogP contribution in [-0.2, 0) is 4.74 Å². The lowest BCUT2D eigenvalue weighted by molar-refractivity contribution is 0.213. The van der Waals surface area contributed by atoms with Gasteiger partial charge in [-0.2, -0.15) is 4.98 Å². The lowest BCUT2D eigenvalue weighted by atomic mass is 9.97. The molecule has 8 nitrogen and oxygen atoms in total. The van der Waals surface area contributed by atoms with Gasteiger partial charge in [-0.1, -0.05) is 34.1 Å². The maximum atomic E-state index is 9.51. The van der Waals surface area contributed by atoms with E-state index in [0.717, 1.165) is 60.8 Å². The van der Waals surface area contributed by atoms with Gasteiger partial charge in [0, 0.05) is 37.6 Å². The highest BCUT2D eigenvalue weighted by atomic mass is 35.5. The number of aliphatic imine (C=N–C) groups is 1. The number of hydrogen-bond acceptors (Lipinski definition) is 8. The molecule has 0 aliphatic heterocycles. The molecular weight excluding hydrogens is 490 g/mol. The Hall–Kier alpha value is -2.58. The van der Waals surface area contributed by atoms with Crippen molar-refractivity contribution >= 4 is 36.5 Å². The number of anilines is 2. The number of furan rings is 1. The van der Waals surface area contributed by atoms with Crippen molar-refractivity contribution in [1.29, 1.82) is 0 Å². The maximum Gasteiger partial charge on any atom is 0.224 e. The SMILES string of the molecule is C/C=N/C(=C\c1cc(-c2c(C)nc(NCC(C)(C)C)nc2NCCCC(CC)CO)oc1C)OCC.Cl. The van der Waals surface area contributed by atoms with Crippen LogP contribution < -0.4 is 10.6 Å². The van der Waals surface area contributed by atoms with Crippen LogP contribution in [0.2, 0.25) is 0 Å². The summed E-state index contributed by atoms with van der Waals surface area (Å²) in [5.41, 5.74) is 2.66. The molecule has 0 saturated carbocycles. The summed E-state index contributed by atoms with van der Waals surface area (Å²) < 4.78 is 11.8. The number of ether oxygens (including phenoxy) is 1. The predicted molar refractivity (Wildman–Crippen MR) is 157 cm³/mol. The van der Waals surface area contributed by atoms with Crippen LogP contribution in [0.15, 0.2) is 21.4 Å². The van der Waals surface area contributed by atoms with E-state index in [9.17, 15) is 5.11 Å². The molecule has 3 N–H and O–H groups in total. The van der Waals surface area contributed by atoms with Crippen molar-refractivity contribution in [3.8, 4) is 11.3 Å². The second-order valence-electron chi connectivity index (χ2n) is 10.2. The highest BCUT2D eigenvalue weighted by Crippen LogP contribution is 2.34. The normalized spacial score (nSPS) is 12.9. The first-order chi connectivity index (χ1) is 17.1. The van der Waals surface area contributed by atoms with E-state index >= 15 is 0 Å². The van der Waals surface area contributed by atoms with Crippen molar-refractivity contribution in [2.75, 3.05) is 36.9 Å². The minimum absolute atomic E-state index is 0. The minimum Gasteiger partial charge on any atom is -0.478 e. The first-order valence-corrected chi connectivity index (χ1v) is 13.0. The van der Waals surface area contributed by atoms with Crippen LogP contribution in [0.25, 0.3) is 17.4 Å². The van der Waals surface area contributed by atoms with Gasteiger partial charge in [0.1, 0.15) is 17.3 Å². The van der Waals surface area contributed by atoms with Crippen molar-refractivity contribution in [2.24, 2.45) is 16.3 Å². The van der Waals surface area contributed by atoms with Gasteiger partial charge in [-0.05, 0) is 57.9 Å². The average molecular weight is 536 g/mol. The third-order valence-electron chi connectivity index (χ3n) is 5.81. The molecule has 0 radical (unpaired) electrons. The van der Waals surface area contributed by atoms with E-state index in [1.807, 2.05) is 39.8 Å². The molecule has 1 unspecified atom stereocenters. The van der Waals surface area contributed by atoms with Crippen LogP contribution in [0.1, 0.15) is 77.8 Å². The molecule has 0 amide bonds. The van der Waals surface area contributed by atoms with Crippen LogP contribution in [0.4, 0.5) is 11.8 Å². The number of nitrogens with zero attached hydrogens (tertiary/aromatic N) is 3. The van der Waals surface area contributed by atoms with Crippen LogP contribution in [0.3, 0.4) is 0 Å². The molecule has 2 rings (SSSR count). The number of hydrogen-bond donors (Lipinski definition) is 3. The zero-order chi connectivity index (χ0) is 26.7. The molecule has 2 heterocycles. The van der Waals surface area contributed by atoms with Crippen LogP contribution >= 0.6 is 12.4 Å². The van der Waals surface area contributed by atoms with Gasteiger partial charge in [0.25, 0.3) is 0 Å². The summed E-state index contributed by atoms with van der Waals surface area (Å²) in [7, 11) is 0. The van der Waals surface area contributed by atoms with Gasteiger partial charge in [0.15, 0.2) is 0 Å². The monoisotopic (exact) mass is 535 g/mol. The van der Waals surface area contributed by atoms with Gasteiger partial charge >= 0.3 is 0 Å². The molecule has 0 aliphatic rings. The van der Waals surface area contributed by atoms with Crippen molar-refractivity contribution in [1.82, 2.24) is 9.97 Å². The number of halogens is 1. The molecule has 0 aliphatic carbocycles. The van der Waals surface area contributed by atoms with Gasteiger partial charge in [-0.25, -0.2) is 9.98 Å². The van der Waals surface area contributed by atoms with E-state index in [4.69, 9.17) is 19.1 Å². The lowest BCUT2D eigenvalue weighted by Gasteiger charge is -2.20. The van der Waals surface area contributed by atoms with Crippen LogP contribution in [0.5, 0.6) is 0 Å². The van der Waals surface area contributed by atoms with Gasteiger partial charge in [-0.15, -0.1) is 12.4 Å². The number of nitrogens with one attached hydrogen (secondary N) is 2. The van der Waals surface area contributed by atoms with Crippen molar-refractivity contribution in [3.63, 3.8) is 0 Å². The predicted octanol–water partition coefficient (Wildman–Crippen LogP) is 6.87. The van der Waals surface area contributed by atoms with Crippen LogP contribution in [0, 0.1) is 25.2 Å². The van der Waals surface area contributed by atoms with E-state index in [1.54, 1.807) is 6.21 Å². The molecule has 9 heteroatoms. The fraction of sp³-hybridized carbons (Fsp3) is 0.607. The van der Waals surface area contributed by atoms with Crippen molar-refractivity contribution in [2.45, 2.75) is 74.7 Å². The van der Waals surface area contributed by atoms with E-state index < -0.39 is 0 Å². The van der Waals surface area contributed by atoms with Crippen molar-refractivity contribution in [3.05, 3.63) is 29.0 Å². The molecule has 208 valence electrons.